The lowest BCUT2D eigenvalue weighted by Crippen LogP contribution is -2.08. The largest absolute Gasteiger partial charge is 0.416 e. The summed E-state index contributed by atoms with van der Waals surface area (Å²) in [5.74, 6) is -0.328. The van der Waals surface area contributed by atoms with Crippen molar-refractivity contribution in [2.24, 2.45) is 0 Å². The summed E-state index contributed by atoms with van der Waals surface area (Å²) in [6.45, 7) is -0.152. The van der Waals surface area contributed by atoms with Crippen LogP contribution >= 0.6 is 0 Å². The van der Waals surface area contributed by atoms with Crippen LogP contribution in [0.25, 0.3) is 12.2 Å². The number of rotatable bonds is 2. The van der Waals surface area contributed by atoms with Crippen LogP contribution in [-0.4, -0.2) is 11.7 Å². The molecule has 1 aliphatic rings. The van der Waals surface area contributed by atoms with Gasteiger partial charge in [-0.3, -0.25) is 0 Å². The van der Waals surface area contributed by atoms with Crippen molar-refractivity contribution in [2.45, 2.75) is 12.1 Å². The molecule has 0 aromatic heterocycles. The average molecular weight is 316 g/mol. The molecule has 0 spiro atoms. The van der Waals surface area contributed by atoms with Gasteiger partial charge >= 0.3 is 6.18 Å². The summed E-state index contributed by atoms with van der Waals surface area (Å²) in [5, 5.41) is 9.06. The van der Waals surface area contributed by atoms with Crippen molar-refractivity contribution in [3.05, 3.63) is 82.4 Å². The van der Waals surface area contributed by atoms with Crippen molar-refractivity contribution >= 4 is 12.2 Å². The Morgan fingerprint density at radius 2 is 1.65 bits per heavy atom. The molecule has 118 valence electrons. The molecule has 0 fully saturated rings. The molecule has 1 unspecified atom stereocenters. The average Bonchev–Trinajstić information content (AvgIpc) is 2.68. The molecule has 2 aromatic rings. The number of halogens is 3. The third kappa shape index (κ3) is 3.08. The second-order valence-corrected chi connectivity index (χ2v) is 5.39. The highest BCUT2D eigenvalue weighted by Crippen LogP contribution is 2.39. The van der Waals surface area contributed by atoms with E-state index in [1.54, 1.807) is 12.2 Å². The fourth-order valence-electron chi connectivity index (χ4n) is 2.87. The highest BCUT2D eigenvalue weighted by Gasteiger charge is 2.32. The van der Waals surface area contributed by atoms with Crippen LogP contribution in [0, 0.1) is 0 Å². The molecule has 4 heteroatoms. The van der Waals surface area contributed by atoms with Crippen molar-refractivity contribution in [2.75, 3.05) is 6.61 Å². The van der Waals surface area contributed by atoms with Crippen molar-refractivity contribution in [1.29, 1.82) is 0 Å². The first kappa shape index (κ1) is 15.6. The SMILES string of the molecule is OCC=CC1c2ccccc2C=Cc2ccc(C(F)(F)F)cc21. The summed E-state index contributed by atoms with van der Waals surface area (Å²) in [4.78, 5) is 0. The smallest absolute Gasteiger partial charge is 0.392 e. The minimum atomic E-state index is -4.38. The van der Waals surface area contributed by atoms with E-state index in [2.05, 4.69) is 0 Å². The van der Waals surface area contributed by atoms with Gasteiger partial charge in [-0.2, -0.15) is 13.2 Å². The maximum atomic E-state index is 13.1. The van der Waals surface area contributed by atoms with Gasteiger partial charge in [-0.1, -0.05) is 54.6 Å². The quantitative estimate of drug-likeness (QED) is 0.784. The third-order valence-corrected chi connectivity index (χ3v) is 3.96. The molecule has 0 radical (unpaired) electrons. The Morgan fingerprint density at radius 1 is 0.957 bits per heavy atom. The predicted molar refractivity (Wildman–Crippen MR) is 84.9 cm³/mol. The Morgan fingerprint density at radius 3 is 2.35 bits per heavy atom. The normalized spacial score (nSPS) is 17.0. The van der Waals surface area contributed by atoms with Crippen molar-refractivity contribution < 1.29 is 18.3 Å². The molecule has 0 bridgehead atoms. The number of hydrogen-bond donors (Lipinski definition) is 1. The zero-order valence-electron chi connectivity index (χ0n) is 12.2. The summed E-state index contributed by atoms with van der Waals surface area (Å²) in [6, 6.07) is 11.4. The van der Waals surface area contributed by atoms with E-state index in [9.17, 15) is 13.2 Å². The number of aliphatic hydroxyl groups is 1. The van der Waals surface area contributed by atoms with Crippen LogP contribution < -0.4 is 0 Å². The number of aliphatic hydroxyl groups excluding tert-OH is 1. The van der Waals surface area contributed by atoms with Gasteiger partial charge in [0, 0.05) is 5.92 Å². The van der Waals surface area contributed by atoms with Crippen LogP contribution in [0.1, 0.15) is 33.7 Å². The molecule has 1 nitrogen and oxygen atoms in total. The first-order valence-electron chi connectivity index (χ1n) is 7.26. The summed E-state index contributed by atoms with van der Waals surface area (Å²) in [6.07, 6.45) is 2.69. The first-order valence-corrected chi connectivity index (χ1v) is 7.26. The monoisotopic (exact) mass is 316 g/mol. The molecule has 0 saturated heterocycles. The minimum Gasteiger partial charge on any atom is -0.392 e. The molecule has 0 aliphatic heterocycles. The van der Waals surface area contributed by atoms with E-state index in [1.165, 1.54) is 12.1 Å². The maximum absolute atomic E-state index is 13.1. The lowest BCUT2D eigenvalue weighted by Gasteiger charge is -2.18. The maximum Gasteiger partial charge on any atom is 0.416 e. The molecular formula is C19H15F3O. The van der Waals surface area contributed by atoms with E-state index >= 15 is 0 Å². The molecule has 1 N–H and O–H groups in total. The molecule has 3 rings (SSSR count). The van der Waals surface area contributed by atoms with E-state index in [0.717, 1.165) is 22.8 Å². The molecule has 23 heavy (non-hydrogen) atoms. The topological polar surface area (TPSA) is 20.2 Å². The van der Waals surface area contributed by atoms with Gasteiger partial charge in [-0.05, 0) is 34.4 Å². The van der Waals surface area contributed by atoms with Gasteiger partial charge in [0.05, 0.1) is 12.2 Å². The van der Waals surface area contributed by atoms with Crippen LogP contribution in [0.15, 0.2) is 54.6 Å². The number of alkyl halides is 3. The Hall–Kier alpha value is -2.33. The standard InChI is InChI=1S/C19H15F3O/c20-19(21,22)15-10-9-14-8-7-13-4-1-2-5-16(13)17(6-3-11-23)18(14)12-15/h1-10,12,17,23H,11H2. The van der Waals surface area contributed by atoms with Crippen LogP contribution in [-0.2, 0) is 6.18 Å². The van der Waals surface area contributed by atoms with Crippen LogP contribution in [0.4, 0.5) is 13.2 Å². The number of benzene rings is 2. The number of fused-ring (bicyclic) bond motifs is 2. The third-order valence-electron chi connectivity index (χ3n) is 3.96. The van der Waals surface area contributed by atoms with E-state index in [4.69, 9.17) is 5.11 Å². The van der Waals surface area contributed by atoms with Gasteiger partial charge < -0.3 is 5.11 Å². The van der Waals surface area contributed by atoms with Gasteiger partial charge in [0.15, 0.2) is 0 Å². The fourth-order valence-corrected chi connectivity index (χ4v) is 2.87. The van der Waals surface area contributed by atoms with Crippen molar-refractivity contribution in [3.8, 4) is 0 Å². The highest BCUT2D eigenvalue weighted by atomic mass is 19.4. The van der Waals surface area contributed by atoms with Crippen LogP contribution in [0.2, 0.25) is 0 Å². The molecular weight excluding hydrogens is 301 g/mol. The first-order chi connectivity index (χ1) is 11.0. The predicted octanol–water partition coefficient (Wildman–Crippen LogP) is 4.87. The molecule has 0 heterocycles. The van der Waals surface area contributed by atoms with Gasteiger partial charge in [0.25, 0.3) is 0 Å². The van der Waals surface area contributed by atoms with Gasteiger partial charge in [0.2, 0.25) is 0 Å². The van der Waals surface area contributed by atoms with Crippen molar-refractivity contribution in [1.82, 2.24) is 0 Å². The summed E-state index contributed by atoms with van der Waals surface area (Å²) in [5.41, 5.74) is 2.57. The van der Waals surface area contributed by atoms with E-state index in [1.807, 2.05) is 36.4 Å². The lowest BCUT2D eigenvalue weighted by molar-refractivity contribution is -0.137. The van der Waals surface area contributed by atoms with E-state index < -0.39 is 11.7 Å². The fraction of sp³-hybridized carbons (Fsp3) is 0.158. The summed E-state index contributed by atoms with van der Waals surface area (Å²) in [7, 11) is 0. The summed E-state index contributed by atoms with van der Waals surface area (Å²) < 4.78 is 39.2. The lowest BCUT2D eigenvalue weighted by atomic mass is 9.86. The Kier molecular flexibility index (Phi) is 4.09. The van der Waals surface area contributed by atoms with Crippen LogP contribution in [0.5, 0.6) is 0 Å². The van der Waals surface area contributed by atoms with Gasteiger partial charge in [-0.25, -0.2) is 0 Å². The second kappa shape index (κ2) is 6.05. The minimum absolute atomic E-state index is 0.152. The van der Waals surface area contributed by atoms with Gasteiger partial charge in [0.1, 0.15) is 0 Å². The second-order valence-electron chi connectivity index (χ2n) is 5.39. The molecule has 0 saturated carbocycles. The Balaban J connectivity index is 2.22. The van der Waals surface area contributed by atoms with E-state index in [-0.39, 0.29) is 12.5 Å². The van der Waals surface area contributed by atoms with E-state index in [0.29, 0.717) is 5.56 Å². The molecule has 2 aromatic carbocycles. The number of hydrogen-bond acceptors (Lipinski definition) is 1. The summed E-state index contributed by atoms with van der Waals surface area (Å²) >= 11 is 0. The molecule has 0 amide bonds. The molecule has 1 aliphatic carbocycles. The Labute approximate surface area is 132 Å². The van der Waals surface area contributed by atoms with Crippen molar-refractivity contribution in [3.63, 3.8) is 0 Å². The zero-order chi connectivity index (χ0) is 16.4. The number of allylic oxidation sites excluding steroid dienone is 1. The molecule has 1 atom stereocenters. The highest BCUT2D eigenvalue weighted by molar-refractivity contribution is 5.77. The van der Waals surface area contributed by atoms with Gasteiger partial charge in [-0.15, -0.1) is 0 Å². The van der Waals surface area contributed by atoms with Crippen LogP contribution in [0.3, 0.4) is 0 Å². The zero-order valence-corrected chi connectivity index (χ0v) is 12.2. The Bertz CT molecular complexity index is 772.